The molecule has 1 aliphatic carbocycles. The van der Waals surface area contributed by atoms with Crippen molar-refractivity contribution in [1.29, 1.82) is 0 Å². The van der Waals surface area contributed by atoms with Gasteiger partial charge in [0, 0.05) is 26.2 Å². The highest BCUT2D eigenvalue weighted by atomic mass is 19.3. The third-order valence-electron chi connectivity index (χ3n) is 4.16. The van der Waals surface area contributed by atoms with Crippen molar-refractivity contribution < 1.29 is 13.6 Å². The zero-order chi connectivity index (χ0) is 11.5. The van der Waals surface area contributed by atoms with Crippen LogP contribution in [-0.4, -0.2) is 47.9 Å². The smallest absolute Gasteiger partial charge is 0.320 e. The molecule has 0 radical (unpaired) electrons. The van der Waals surface area contributed by atoms with Gasteiger partial charge in [-0.3, -0.25) is 0 Å². The van der Waals surface area contributed by atoms with Gasteiger partial charge in [-0.1, -0.05) is 6.92 Å². The van der Waals surface area contributed by atoms with Gasteiger partial charge >= 0.3 is 6.03 Å². The number of alkyl halides is 2. The van der Waals surface area contributed by atoms with E-state index in [1.54, 1.807) is 9.80 Å². The first-order chi connectivity index (χ1) is 7.50. The molecule has 90 valence electrons. The molecule has 1 saturated carbocycles. The van der Waals surface area contributed by atoms with Gasteiger partial charge in [-0.25, -0.2) is 13.6 Å². The molecule has 2 amide bonds. The van der Waals surface area contributed by atoms with Crippen LogP contribution in [0.15, 0.2) is 0 Å². The number of hydrogen-bond donors (Lipinski definition) is 0. The maximum Gasteiger partial charge on any atom is 0.320 e. The first kappa shape index (κ1) is 10.3. The monoisotopic (exact) mass is 230 g/mol. The molecule has 0 aromatic rings. The Labute approximate surface area is 93.4 Å². The van der Waals surface area contributed by atoms with E-state index < -0.39 is 17.8 Å². The van der Waals surface area contributed by atoms with Crippen molar-refractivity contribution in [3.8, 4) is 0 Å². The van der Waals surface area contributed by atoms with E-state index in [4.69, 9.17) is 0 Å². The summed E-state index contributed by atoms with van der Waals surface area (Å²) in [6, 6.07) is -0.0349. The van der Waals surface area contributed by atoms with E-state index in [1.165, 1.54) is 0 Å². The topological polar surface area (TPSA) is 23.6 Å². The molecule has 3 fully saturated rings. The molecule has 0 spiro atoms. The largest absolute Gasteiger partial charge is 0.324 e. The van der Waals surface area contributed by atoms with E-state index >= 15 is 0 Å². The van der Waals surface area contributed by atoms with Gasteiger partial charge in [-0.05, 0) is 12.3 Å². The molecule has 0 bridgehead atoms. The third kappa shape index (κ3) is 1.33. The molecule has 5 heteroatoms. The number of carbonyl (C=O) groups excluding carboxylic acids is 1. The summed E-state index contributed by atoms with van der Waals surface area (Å²) in [5.74, 6) is -3.06. The van der Waals surface area contributed by atoms with Crippen molar-refractivity contribution in [3.05, 3.63) is 0 Å². The summed E-state index contributed by atoms with van der Waals surface area (Å²) in [4.78, 5) is 15.4. The minimum Gasteiger partial charge on any atom is -0.324 e. The lowest BCUT2D eigenvalue weighted by molar-refractivity contribution is 0.0560. The second-order valence-electron chi connectivity index (χ2n) is 5.41. The number of hydrogen-bond acceptors (Lipinski definition) is 1. The Morgan fingerprint density at radius 3 is 2.31 bits per heavy atom. The molecule has 0 aromatic carbocycles. The average molecular weight is 230 g/mol. The highest BCUT2D eigenvalue weighted by Crippen LogP contribution is 2.59. The lowest BCUT2D eigenvalue weighted by Gasteiger charge is -2.26. The van der Waals surface area contributed by atoms with Gasteiger partial charge in [0.15, 0.2) is 0 Å². The Hall–Kier alpha value is -0.870. The number of urea groups is 1. The molecule has 3 nitrogen and oxygen atoms in total. The molecule has 2 heterocycles. The standard InChI is InChI=1S/C11H16F2N2O/c1-7-2-3-14(4-7)10(16)15-5-8-9(6-15)11(8,12)13/h7-9H,2-6H2,1H3. The average Bonchev–Trinajstić information content (AvgIpc) is 2.72. The van der Waals surface area contributed by atoms with Gasteiger partial charge in [0.1, 0.15) is 0 Å². The van der Waals surface area contributed by atoms with Gasteiger partial charge in [-0.15, -0.1) is 0 Å². The zero-order valence-corrected chi connectivity index (χ0v) is 9.33. The van der Waals surface area contributed by atoms with Crippen molar-refractivity contribution in [2.75, 3.05) is 26.2 Å². The minimum atomic E-state index is -2.49. The Kier molecular flexibility index (Phi) is 1.98. The van der Waals surface area contributed by atoms with Crippen LogP contribution in [0.25, 0.3) is 0 Å². The fourth-order valence-corrected chi connectivity index (χ4v) is 2.97. The molecule has 0 aromatic heterocycles. The molecule has 3 unspecified atom stereocenters. The second kappa shape index (κ2) is 3.08. The van der Waals surface area contributed by atoms with Crippen LogP contribution in [0.2, 0.25) is 0 Å². The summed E-state index contributed by atoms with van der Waals surface area (Å²) in [6.45, 7) is 4.18. The van der Waals surface area contributed by atoms with Crippen LogP contribution in [0, 0.1) is 17.8 Å². The first-order valence-corrected chi connectivity index (χ1v) is 5.92. The van der Waals surface area contributed by atoms with E-state index in [0.29, 0.717) is 5.92 Å². The zero-order valence-electron chi connectivity index (χ0n) is 9.33. The summed E-state index contributed by atoms with van der Waals surface area (Å²) in [5, 5.41) is 0. The van der Waals surface area contributed by atoms with Crippen LogP contribution in [-0.2, 0) is 0 Å². The van der Waals surface area contributed by atoms with E-state index in [0.717, 1.165) is 19.5 Å². The molecule has 3 atom stereocenters. The van der Waals surface area contributed by atoms with Crippen LogP contribution in [0.3, 0.4) is 0 Å². The van der Waals surface area contributed by atoms with Gasteiger partial charge in [-0.2, -0.15) is 0 Å². The molecule has 0 N–H and O–H groups in total. The number of carbonyl (C=O) groups is 1. The van der Waals surface area contributed by atoms with Crippen molar-refractivity contribution in [2.45, 2.75) is 19.3 Å². The lowest BCUT2D eigenvalue weighted by Crippen LogP contribution is -2.43. The molecular weight excluding hydrogens is 214 g/mol. The van der Waals surface area contributed by atoms with Crippen molar-refractivity contribution in [3.63, 3.8) is 0 Å². The summed E-state index contributed by atoms with van der Waals surface area (Å²) >= 11 is 0. The van der Waals surface area contributed by atoms with Gasteiger partial charge in [0.2, 0.25) is 0 Å². The SMILES string of the molecule is CC1CCN(C(=O)N2CC3C(C2)C3(F)F)C1. The van der Waals surface area contributed by atoms with Crippen LogP contribution in [0.1, 0.15) is 13.3 Å². The summed E-state index contributed by atoms with van der Waals surface area (Å²) in [6.07, 6.45) is 1.03. The predicted octanol–water partition coefficient (Wildman–Crippen LogP) is 1.65. The highest BCUT2D eigenvalue weighted by molar-refractivity contribution is 5.75. The number of halogens is 2. The molecule has 3 aliphatic rings. The van der Waals surface area contributed by atoms with E-state index in [-0.39, 0.29) is 19.1 Å². The van der Waals surface area contributed by atoms with E-state index in [1.807, 2.05) is 0 Å². The van der Waals surface area contributed by atoms with Crippen LogP contribution >= 0.6 is 0 Å². The Bertz CT molecular complexity index is 320. The second-order valence-corrected chi connectivity index (χ2v) is 5.41. The summed E-state index contributed by atoms with van der Waals surface area (Å²) < 4.78 is 25.9. The molecule has 3 rings (SSSR count). The quantitative estimate of drug-likeness (QED) is 0.620. The van der Waals surface area contributed by atoms with E-state index in [9.17, 15) is 13.6 Å². The van der Waals surface area contributed by atoms with Gasteiger partial charge < -0.3 is 9.80 Å². The van der Waals surface area contributed by atoms with Crippen LogP contribution in [0.4, 0.5) is 13.6 Å². The third-order valence-corrected chi connectivity index (χ3v) is 4.16. The molecule has 16 heavy (non-hydrogen) atoms. The maximum atomic E-state index is 13.0. The Morgan fingerprint density at radius 1 is 1.19 bits per heavy atom. The van der Waals surface area contributed by atoms with Crippen LogP contribution in [0.5, 0.6) is 0 Å². The maximum absolute atomic E-state index is 13.0. The molecule has 2 aliphatic heterocycles. The van der Waals surface area contributed by atoms with Gasteiger partial charge in [0.25, 0.3) is 5.92 Å². The summed E-state index contributed by atoms with van der Waals surface area (Å²) in [7, 11) is 0. The number of likely N-dealkylation sites (tertiary alicyclic amines) is 2. The Morgan fingerprint density at radius 2 is 1.81 bits per heavy atom. The molecular formula is C11H16F2N2O. The number of amides is 2. The normalized spacial score (nSPS) is 40.1. The highest BCUT2D eigenvalue weighted by Gasteiger charge is 2.72. The minimum absolute atomic E-state index is 0.0349. The summed E-state index contributed by atoms with van der Waals surface area (Å²) in [5.41, 5.74) is 0. The number of fused-ring (bicyclic) bond motifs is 1. The lowest BCUT2D eigenvalue weighted by atomic mass is 10.2. The van der Waals surface area contributed by atoms with Crippen LogP contribution < -0.4 is 0 Å². The van der Waals surface area contributed by atoms with Crippen molar-refractivity contribution in [2.24, 2.45) is 17.8 Å². The number of piperidine rings is 1. The number of rotatable bonds is 0. The fourth-order valence-electron chi connectivity index (χ4n) is 2.97. The van der Waals surface area contributed by atoms with Crippen molar-refractivity contribution >= 4 is 6.03 Å². The van der Waals surface area contributed by atoms with Crippen molar-refractivity contribution in [1.82, 2.24) is 9.80 Å². The predicted molar refractivity (Wildman–Crippen MR) is 54.3 cm³/mol. The fraction of sp³-hybridized carbons (Fsp3) is 0.909. The first-order valence-electron chi connectivity index (χ1n) is 5.92. The Balaban J connectivity index is 1.58. The van der Waals surface area contributed by atoms with E-state index in [2.05, 4.69) is 6.92 Å². The molecule has 2 saturated heterocycles. The number of nitrogens with zero attached hydrogens (tertiary/aromatic N) is 2. The van der Waals surface area contributed by atoms with Gasteiger partial charge in [0.05, 0.1) is 11.8 Å².